The quantitative estimate of drug-likeness (QED) is 0.773. The average molecular weight is 266 g/mol. The van der Waals surface area contributed by atoms with Gasteiger partial charge in [0, 0.05) is 20.1 Å². The first-order chi connectivity index (χ1) is 7.82. The monoisotopic (exact) mass is 266 g/mol. The van der Waals surface area contributed by atoms with Gasteiger partial charge in [-0.2, -0.15) is 0 Å². The molecule has 4 atom stereocenters. The maximum atomic E-state index is 12.1. The van der Waals surface area contributed by atoms with Crippen LogP contribution in [0.3, 0.4) is 0 Å². The topological polar surface area (TPSA) is 65.0 Å². The molecule has 1 N–H and O–H groups in total. The Balaban J connectivity index is 2.86. The second-order valence-corrected chi connectivity index (χ2v) is 6.96. The van der Waals surface area contributed by atoms with Gasteiger partial charge in [-0.25, -0.2) is 0 Å². The van der Waals surface area contributed by atoms with Gasteiger partial charge in [-0.3, -0.25) is 4.57 Å². The fourth-order valence-corrected chi connectivity index (χ4v) is 3.65. The highest BCUT2D eigenvalue weighted by molar-refractivity contribution is 7.53. The lowest BCUT2D eigenvalue weighted by molar-refractivity contribution is -0.194. The number of rotatable bonds is 5. The first-order valence-corrected chi connectivity index (χ1v) is 7.65. The van der Waals surface area contributed by atoms with Gasteiger partial charge in [0.05, 0.1) is 6.10 Å². The molecule has 2 unspecified atom stereocenters. The smallest absolute Gasteiger partial charge is 0.335 e. The van der Waals surface area contributed by atoms with Crippen LogP contribution in [0.4, 0.5) is 0 Å². The molecule has 6 heteroatoms. The summed E-state index contributed by atoms with van der Waals surface area (Å²) >= 11 is 0. The maximum Gasteiger partial charge on any atom is 0.335 e. The first-order valence-electron chi connectivity index (χ1n) is 5.92. The van der Waals surface area contributed by atoms with E-state index in [1.54, 1.807) is 0 Å². The molecule has 0 radical (unpaired) electrons. The molecule has 0 aromatic carbocycles. The predicted octanol–water partition coefficient (Wildman–Crippen LogP) is 2.24. The summed E-state index contributed by atoms with van der Waals surface area (Å²) in [6, 6.07) is 0. The van der Waals surface area contributed by atoms with Crippen molar-refractivity contribution in [1.82, 2.24) is 0 Å². The normalized spacial score (nSPS) is 38.6. The minimum atomic E-state index is -3.27. The molecule has 1 aliphatic rings. The van der Waals surface area contributed by atoms with E-state index in [1.807, 2.05) is 20.8 Å². The summed E-state index contributed by atoms with van der Waals surface area (Å²) < 4.78 is 27.4. The molecule has 1 rings (SSSR count). The maximum absolute atomic E-state index is 12.1. The summed E-state index contributed by atoms with van der Waals surface area (Å²) in [6.45, 7) is 5.93. The molecule has 1 saturated heterocycles. The Morgan fingerprint density at radius 3 is 2.24 bits per heavy atom. The van der Waals surface area contributed by atoms with Crippen molar-refractivity contribution >= 4 is 7.60 Å². The van der Waals surface area contributed by atoms with E-state index in [-0.39, 0.29) is 24.1 Å². The van der Waals surface area contributed by atoms with E-state index >= 15 is 0 Å². The lowest BCUT2D eigenvalue weighted by Gasteiger charge is -2.29. The first kappa shape index (κ1) is 15.1. The molecule has 0 aliphatic carbocycles. The van der Waals surface area contributed by atoms with Gasteiger partial charge in [-0.1, -0.05) is 20.8 Å². The third-order valence-corrected chi connectivity index (χ3v) is 5.77. The van der Waals surface area contributed by atoms with E-state index in [4.69, 9.17) is 13.8 Å². The Hall–Kier alpha value is 0.0700. The van der Waals surface area contributed by atoms with E-state index in [0.29, 0.717) is 0 Å². The molecule has 102 valence electrons. The number of aliphatic hydroxyl groups is 1. The highest BCUT2D eigenvalue weighted by atomic mass is 31.2. The van der Waals surface area contributed by atoms with Crippen LogP contribution < -0.4 is 0 Å². The standard InChI is InChI=1S/C11H23O5P/c1-6-10-8(2)9(3)11(12,16-10)7-17(13,14-4)15-5/h8-10,12H,6-7H2,1-5H3/t8?,9?,10-,11+/m1/s1. The predicted molar refractivity (Wildman–Crippen MR) is 64.9 cm³/mol. The molecule has 0 aromatic rings. The largest absolute Gasteiger partial charge is 0.365 e. The van der Waals surface area contributed by atoms with Crippen molar-refractivity contribution in [2.45, 2.75) is 39.1 Å². The van der Waals surface area contributed by atoms with Gasteiger partial charge in [-0.15, -0.1) is 0 Å². The van der Waals surface area contributed by atoms with Gasteiger partial charge < -0.3 is 18.9 Å². The lowest BCUT2D eigenvalue weighted by atomic mass is 9.88. The molecular formula is C11H23O5P. The minimum Gasteiger partial charge on any atom is -0.365 e. The highest BCUT2D eigenvalue weighted by Gasteiger charge is 2.52. The Bertz CT molecular complexity index is 300. The zero-order valence-corrected chi connectivity index (χ0v) is 12.1. The van der Waals surface area contributed by atoms with Crippen LogP contribution in [0.1, 0.15) is 27.2 Å². The van der Waals surface area contributed by atoms with Crippen molar-refractivity contribution in [1.29, 1.82) is 0 Å². The SMILES string of the molecule is CC[C@H]1O[C@@](O)(CP(=O)(OC)OC)C(C)C1C. The van der Waals surface area contributed by atoms with Gasteiger partial charge in [0.15, 0.2) is 5.79 Å². The van der Waals surface area contributed by atoms with Crippen LogP contribution in [0, 0.1) is 11.8 Å². The van der Waals surface area contributed by atoms with Crippen LogP contribution in [0.5, 0.6) is 0 Å². The zero-order valence-electron chi connectivity index (χ0n) is 11.2. The van der Waals surface area contributed by atoms with Crippen LogP contribution in [0.2, 0.25) is 0 Å². The van der Waals surface area contributed by atoms with Crippen LogP contribution in [0.15, 0.2) is 0 Å². The Labute approximate surface area is 103 Å². The Kier molecular flexibility index (Phi) is 4.78. The van der Waals surface area contributed by atoms with Gasteiger partial charge in [0.25, 0.3) is 0 Å². The second-order valence-electron chi connectivity index (χ2n) is 4.69. The van der Waals surface area contributed by atoms with Crippen molar-refractivity contribution in [3.63, 3.8) is 0 Å². The summed E-state index contributed by atoms with van der Waals surface area (Å²) in [7, 11) is -0.645. The van der Waals surface area contributed by atoms with E-state index in [0.717, 1.165) is 6.42 Å². The second kappa shape index (κ2) is 5.37. The van der Waals surface area contributed by atoms with Crippen molar-refractivity contribution in [2.75, 3.05) is 20.4 Å². The summed E-state index contributed by atoms with van der Waals surface area (Å²) in [4.78, 5) is 0. The fourth-order valence-electron chi connectivity index (χ4n) is 2.33. The summed E-state index contributed by atoms with van der Waals surface area (Å²) in [5.41, 5.74) is 0. The van der Waals surface area contributed by atoms with Crippen molar-refractivity contribution in [2.24, 2.45) is 11.8 Å². The summed E-state index contributed by atoms with van der Waals surface area (Å²) in [5.74, 6) is -1.32. The molecule has 0 saturated carbocycles. The number of ether oxygens (including phenoxy) is 1. The molecule has 1 fully saturated rings. The van der Waals surface area contributed by atoms with Crippen molar-refractivity contribution in [3.8, 4) is 0 Å². The van der Waals surface area contributed by atoms with Crippen LogP contribution in [-0.2, 0) is 18.3 Å². The van der Waals surface area contributed by atoms with Crippen LogP contribution in [0.25, 0.3) is 0 Å². The zero-order chi connectivity index (χ0) is 13.3. The fraction of sp³-hybridized carbons (Fsp3) is 1.00. The van der Waals surface area contributed by atoms with Crippen LogP contribution >= 0.6 is 7.60 Å². The van der Waals surface area contributed by atoms with E-state index < -0.39 is 13.4 Å². The molecule has 5 nitrogen and oxygen atoms in total. The van der Waals surface area contributed by atoms with Crippen molar-refractivity contribution in [3.05, 3.63) is 0 Å². The average Bonchev–Trinajstić information content (AvgIpc) is 2.53. The third kappa shape index (κ3) is 2.91. The van der Waals surface area contributed by atoms with Gasteiger partial charge >= 0.3 is 7.60 Å². The third-order valence-electron chi connectivity index (χ3n) is 3.82. The molecular weight excluding hydrogens is 243 g/mol. The Morgan fingerprint density at radius 2 is 1.88 bits per heavy atom. The van der Waals surface area contributed by atoms with E-state index in [2.05, 4.69) is 0 Å². The number of hydrogen-bond donors (Lipinski definition) is 1. The molecule has 1 aliphatic heterocycles. The highest BCUT2D eigenvalue weighted by Crippen LogP contribution is 2.53. The van der Waals surface area contributed by atoms with Gasteiger partial charge in [0.2, 0.25) is 0 Å². The lowest BCUT2D eigenvalue weighted by Crippen LogP contribution is -2.39. The van der Waals surface area contributed by atoms with E-state index in [1.165, 1.54) is 14.2 Å². The molecule has 0 spiro atoms. The van der Waals surface area contributed by atoms with Gasteiger partial charge in [0.1, 0.15) is 6.16 Å². The van der Waals surface area contributed by atoms with Crippen LogP contribution in [-0.4, -0.2) is 37.4 Å². The van der Waals surface area contributed by atoms with Gasteiger partial charge in [-0.05, 0) is 12.3 Å². The molecule has 1 heterocycles. The van der Waals surface area contributed by atoms with E-state index in [9.17, 15) is 9.67 Å². The number of hydrogen-bond acceptors (Lipinski definition) is 5. The molecule has 0 bridgehead atoms. The summed E-state index contributed by atoms with van der Waals surface area (Å²) in [6.07, 6.45) is 0.671. The molecule has 17 heavy (non-hydrogen) atoms. The van der Waals surface area contributed by atoms with Crippen molar-refractivity contribution < 1.29 is 23.5 Å². The molecule has 0 amide bonds. The molecule has 0 aromatic heterocycles. The summed E-state index contributed by atoms with van der Waals surface area (Å²) in [5, 5.41) is 10.5. The Morgan fingerprint density at radius 1 is 1.35 bits per heavy atom. The minimum absolute atomic E-state index is 0.0165.